The summed E-state index contributed by atoms with van der Waals surface area (Å²) in [6, 6.07) is 16.3. The molecule has 2 aromatic carbocycles. The Bertz CT molecular complexity index is 622. The third-order valence-electron chi connectivity index (χ3n) is 4.12. The van der Waals surface area contributed by atoms with Gasteiger partial charge >= 0.3 is 0 Å². The van der Waals surface area contributed by atoms with Crippen molar-refractivity contribution in [1.29, 1.82) is 0 Å². The van der Waals surface area contributed by atoms with E-state index in [2.05, 4.69) is 86.6 Å². The van der Waals surface area contributed by atoms with Crippen molar-refractivity contribution < 1.29 is 0 Å². The first-order valence-corrected chi connectivity index (χ1v) is 8.99. The van der Waals surface area contributed by atoms with Crippen LogP contribution in [-0.4, -0.2) is 6.04 Å². The molecule has 0 spiro atoms. The zero-order valence-electron chi connectivity index (χ0n) is 12.1. The van der Waals surface area contributed by atoms with Gasteiger partial charge in [0, 0.05) is 21.0 Å². The van der Waals surface area contributed by atoms with Gasteiger partial charge in [0.05, 0.1) is 0 Å². The van der Waals surface area contributed by atoms with Crippen LogP contribution in [0.2, 0.25) is 0 Å². The zero-order valence-corrected chi connectivity index (χ0v) is 15.2. The standard InChI is InChI=1S/C18H19Br2N/c1-12(10-13-2-5-15(19)6-3-13)21-18-9-4-14-11-16(20)7-8-17(14)18/h2-3,5-8,11-12,18,21H,4,9-10H2,1H3. The molecule has 0 fully saturated rings. The Labute approximate surface area is 143 Å². The van der Waals surface area contributed by atoms with E-state index in [1.807, 2.05) is 0 Å². The van der Waals surface area contributed by atoms with Crippen molar-refractivity contribution in [2.75, 3.05) is 0 Å². The molecule has 3 rings (SSSR count). The predicted octanol–water partition coefficient (Wildman–Crippen LogP) is 5.42. The highest BCUT2D eigenvalue weighted by atomic mass is 79.9. The van der Waals surface area contributed by atoms with Gasteiger partial charge < -0.3 is 5.32 Å². The number of aryl methyl sites for hydroxylation is 1. The van der Waals surface area contributed by atoms with E-state index in [1.165, 1.54) is 34.0 Å². The molecule has 1 aliphatic rings. The molecule has 0 saturated carbocycles. The van der Waals surface area contributed by atoms with Gasteiger partial charge in [0.15, 0.2) is 0 Å². The van der Waals surface area contributed by atoms with Crippen LogP contribution in [0.4, 0.5) is 0 Å². The molecule has 3 heteroatoms. The Balaban J connectivity index is 1.64. The highest BCUT2D eigenvalue weighted by molar-refractivity contribution is 9.10. The summed E-state index contributed by atoms with van der Waals surface area (Å²) in [6.45, 7) is 2.28. The van der Waals surface area contributed by atoms with Crippen LogP contribution >= 0.6 is 31.9 Å². The van der Waals surface area contributed by atoms with Crippen LogP contribution in [0.3, 0.4) is 0 Å². The minimum absolute atomic E-state index is 0.478. The molecule has 21 heavy (non-hydrogen) atoms. The Kier molecular flexibility index (Phi) is 4.82. The minimum Gasteiger partial charge on any atom is -0.307 e. The highest BCUT2D eigenvalue weighted by Crippen LogP contribution is 2.33. The normalized spacial score (nSPS) is 18.5. The molecular formula is C18H19Br2N. The smallest absolute Gasteiger partial charge is 0.0328 e. The van der Waals surface area contributed by atoms with E-state index in [0.717, 1.165) is 10.9 Å². The molecule has 0 bridgehead atoms. The summed E-state index contributed by atoms with van der Waals surface area (Å²) >= 11 is 7.05. The van der Waals surface area contributed by atoms with Crippen LogP contribution in [0.15, 0.2) is 51.4 Å². The van der Waals surface area contributed by atoms with Crippen LogP contribution in [0, 0.1) is 0 Å². The van der Waals surface area contributed by atoms with Gasteiger partial charge in [-0.05, 0) is 67.1 Å². The Hall–Kier alpha value is -0.640. The van der Waals surface area contributed by atoms with Crippen LogP contribution in [0.1, 0.15) is 36.1 Å². The van der Waals surface area contributed by atoms with Gasteiger partial charge in [0.25, 0.3) is 0 Å². The Morgan fingerprint density at radius 2 is 1.81 bits per heavy atom. The maximum Gasteiger partial charge on any atom is 0.0328 e. The highest BCUT2D eigenvalue weighted by Gasteiger charge is 2.23. The fourth-order valence-electron chi connectivity index (χ4n) is 3.14. The van der Waals surface area contributed by atoms with E-state index < -0.39 is 0 Å². The van der Waals surface area contributed by atoms with Crippen molar-refractivity contribution >= 4 is 31.9 Å². The van der Waals surface area contributed by atoms with Crippen molar-refractivity contribution in [3.05, 3.63) is 68.1 Å². The lowest BCUT2D eigenvalue weighted by atomic mass is 10.0. The van der Waals surface area contributed by atoms with Crippen molar-refractivity contribution in [1.82, 2.24) is 5.32 Å². The molecule has 1 nitrogen and oxygen atoms in total. The number of nitrogens with one attached hydrogen (secondary N) is 1. The van der Waals surface area contributed by atoms with E-state index in [-0.39, 0.29) is 0 Å². The van der Waals surface area contributed by atoms with E-state index in [4.69, 9.17) is 0 Å². The summed E-state index contributed by atoms with van der Waals surface area (Å²) < 4.78 is 2.33. The SMILES string of the molecule is CC(Cc1ccc(Br)cc1)NC1CCc2cc(Br)ccc21. The monoisotopic (exact) mass is 407 g/mol. The number of hydrogen-bond donors (Lipinski definition) is 1. The van der Waals surface area contributed by atoms with Gasteiger partial charge in [0.1, 0.15) is 0 Å². The van der Waals surface area contributed by atoms with Crippen LogP contribution < -0.4 is 5.32 Å². The Morgan fingerprint density at radius 1 is 1.10 bits per heavy atom. The molecule has 2 aromatic rings. The van der Waals surface area contributed by atoms with Gasteiger partial charge in [-0.25, -0.2) is 0 Å². The quantitative estimate of drug-likeness (QED) is 0.712. The molecular weight excluding hydrogens is 390 g/mol. The molecule has 110 valence electrons. The molecule has 0 amide bonds. The third kappa shape index (κ3) is 3.77. The maximum atomic E-state index is 3.79. The summed E-state index contributed by atoms with van der Waals surface area (Å²) in [5.41, 5.74) is 4.34. The molecule has 1 N–H and O–H groups in total. The number of fused-ring (bicyclic) bond motifs is 1. The topological polar surface area (TPSA) is 12.0 Å². The molecule has 0 aromatic heterocycles. The first-order valence-electron chi connectivity index (χ1n) is 7.40. The number of rotatable bonds is 4. The zero-order chi connectivity index (χ0) is 14.8. The Morgan fingerprint density at radius 3 is 2.57 bits per heavy atom. The number of halogens is 2. The van der Waals surface area contributed by atoms with Gasteiger partial charge in [-0.1, -0.05) is 50.1 Å². The second-order valence-electron chi connectivity index (χ2n) is 5.83. The number of hydrogen-bond acceptors (Lipinski definition) is 1. The fraction of sp³-hybridized carbons (Fsp3) is 0.333. The molecule has 2 atom stereocenters. The molecule has 0 saturated heterocycles. The average molecular weight is 409 g/mol. The molecule has 0 radical (unpaired) electrons. The largest absolute Gasteiger partial charge is 0.307 e. The lowest BCUT2D eigenvalue weighted by Crippen LogP contribution is -2.31. The lowest BCUT2D eigenvalue weighted by molar-refractivity contribution is 0.451. The van der Waals surface area contributed by atoms with Gasteiger partial charge in [-0.3, -0.25) is 0 Å². The second-order valence-corrected chi connectivity index (χ2v) is 7.66. The van der Waals surface area contributed by atoms with Crippen LogP contribution in [0.25, 0.3) is 0 Å². The molecule has 2 unspecified atom stereocenters. The fourth-order valence-corrected chi connectivity index (χ4v) is 3.81. The first kappa shape index (κ1) is 15.3. The summed E-state index contributed by atoms with van der Waals surface area (Å²) in [6.07, 6.45) is 3.45. The summed E-state index contributed by atoms with van der Waals surface area (Å²) in [5, 5.41) is 3.79. The van der Waals surface area contributed by atoms with Gasteiger partial charge in [-0.2, -0.15) is 0 Å². The lowest BCUT2D eigenvalue weighted by Gasteiger charge is -2.20. The average Bonchev–Trinajstić information content (AvgIpc) is 2.83. The van der Waals surface area contributed by atoms with Crippen LogP contribution in [0.5, 0.6) is 0 Å². The number of benzene rings is 2. The van der Waals surface area contributed by atoms with Crippen molar-refractivity contribution in [3.8, 4) is 0 Å². The van der Waals surface area contributed by atoms with Crippen LogP contribution in [-0.2, 0) is 12.8 Å². The van der Waals surface area contributed by atoms with Crippen molar-refractivity contribution in [2.24, 2.45) is 0 Å². The molecule has 0 heterocycles. The molecule has 0 aliphatic heterocycles. The summed E-state index contributed by atoms with van der Waals surface area (Å²) in [4.78, 5) is 0. The maximum absolute atomic E-state index is 3.79. The van der Waals surface area contributed by atoms with E-state index in [0.29, 0.717) is 12.1 Å². The first-order chi connectivity index (χ1) is 10.1. The van der Waals surface area contributed by atoms with Crippen molar-refractivity contribution in [3.63, 3.8) is 0 Å². The van der Waals surface area contributed by atoms with E-state index >= 15 is 0 Å². The summed E-state index contributed by atoms with van der Waals surface area (Å²) in [5.74, 6) is 0. The molecule has 1 aliphatic carbocycles. The van der Waals surface area contributed by atoms with E-state index in [1.54, 1.807) is 0 Å². The predicted molar refractivity (Wildman–Crippen MR) is 95.6 cm³/mol. The van der Waals surface area contributed by atoms with Gasteiger partial charge in [-0.15, -0.1) is 0 Å². The van der Waals surface area contributed by atoms with Gasteiger partial charge in [0.2, 0.25) is 0 Å². The van der Waals surface area contributed by atoms with Crippen molar-refractivity contribution in [2.45, 2.75) is 38.3 Å². The minimum atomic E-state index is 0.478. The third-order valence-corrected chi connectivity index (χ3v) is 5.15. The second kappa shape index (κ2) is 6.64. The summed E-state index contributed by atoms with van der Waals surface area (Å²) in [7, 11) is 0. The van der Waals surface area contributed by atoms with E-state index in [9.17, 15) is 0 Å².